The number of halogens is 2. The molecule has 0 saturated carbocycles. The first-order chi connectivity index (χ1) is 12.3. The Morgan fingerprint density at radius 3 is 2.50 bits per heavy atom. The minimum Gasteiger partial charge on any atom is -0.545 e. The van der Waals surface area contributed by atoms with Crippen molar-refractivity contribution in [2.45, 2.75) is 6.92 Å². The van der Waals surface area contributed by atoms with E-state index in [0.29, 0.717) is 23.1 Å². The monoisotopic (exact) mass is 411 g/mol. The molecule has 1 amide bonds. The number of nitrogens with one attached hydrogen (secondary N) is 2. The Balaban J connectivity index is 2.06. The average molecular weight is 412 g/mol. The number of amides is 1. The van der Waals surface area contributed by atoms with Gasteiger partial charge in [0.05, 0.1) is 17.6 Å². The molecule has 0 bridgehead atoms. The molecule has 0 atom stereocenters. The van der Waals surface area contributed by atoms with Crippen molar-refractivity contribution in [3.05, 3.63) is 57.6 Å². The van der Waals surface area contributed by atoms with Crippen molar-refractivity contribution >= 4 is 58.1 Å². The number of hydrogen-bond donors (Lipinski definition) is 2. The second kappa shape index (κ2) is 8.84. The number of carbonyl (C=O) groups excluding carboxylic acids is 2. The van der Waals surface area contributed by atoms with Crippen LogP contribution in [0.2, 0.25) is 10.0 Å². The Morgan fingerprint density at radius 2 is 1.88 bits per heavy atom. The van der Waals surface area contributed by atoms with Crippen LogP contribution < -0.4 is 20.5 Å². The van der Waals surface area contributed by atoms with Crippen molar-refractivity contribution in [3.8, 4) is 5.75 Å². The van der Waals surface area contributed by atoms with E-state index in [1.54, 1.807) is 12.1 Å². The summed E-state index contributed by atoms with van der Waals surface area (Å²) in [6.45, 7) is 2.28. The van der Waals surface area contributed by atoms with Gasteiger partial charge in [-0.3, -0.25) is 10.1 Å². The maximum atomic E-state index is 12.2. The van der Waals surface area contributed by atoms with Crippen LogP contribution in [0.15, 0.2) is 36.4 Å². The minimum absolute atomic E-state index is 0.0216. The van der Waals surface area contributed by atoms with Crippen molar-refractivity contribution in [1.82, 2.24) is 5.32 Å². The van der Waals surface area contributed by atoms with Crippen LogP contribution in [0.25, 0.3) is 0 Å². The predicted molar refractivity (Wildman–Crippen MR) is 102 cm³/mol. The molecule has 0 heterocycles. The Labute approximate surface area is 165 Å². The molecule has 2 aromatic carbocycles. The molecule has 0 aliphatic rings. The first-order valence-corrected chi connectivity index (χ1v) is 8.53. The number of thiocarbonyl (C=S) groups is 1. The molecule has 2 N–H and O–H groups in total. The van der Waals surface area contributed by atoms with E-state index in [1.807, 2.05) is 6.92 Å². The smallest absolute Gasteiger partial charge is 0.257 e. The Morgan fingerprint density at radius 1 is 1.15 bits per heavy atom. The molecule has 0 saturated heterocycles. The van der Waals surface area contributed by atoms with Gasteiger partial charge in [0, 0.05) is 21.8 Å². The molecule has 0 aliphatic carbocycles. The summed E-state index contributed by atoms with van der Waals surface area (Å²) in [4.78, 5) is 23.2. The number of anilines is 1. The van der Waals surface area contributed by atoms with Gasteiger partial charge in [-0.25, -0.2) is 0 Å². The summed E-state index contributed by atoms with van der Waals surface area (Å²) in [7, 11) is 0. The molecule has 0 spiro atoms. The first-order valence-electron chi connectivity index (χ1n) is 7.37. The zero-order valence-corrected chi connectivity index (χ0v) is 15.8. The Hall–Kier alpha value is -2.35. The van der Waals surface area contributed by atoms with E-state index in [9.17, 15) is 14.7 Å². The number of ether oxygens (including phenoxy) is 1. The van der Waals surface area contributed by atoms with Gasteiger partial charge in [-0.05, 0) is 55.5 Å². The third-order valence-corrected chi connectivity index (χ3v) is 3.99. The maximum absolute atomic E-state index is 12.2. The van der Waals surface area contributed by atoms with Crippen LogP contribution in [0, 0.1) is 0 Å². The molecule has 0 aliphatic heterocycles. The Kier molecular flexibility index (Phi) is 6.79. The maximum Gasteiger partial charge on any atom is 0.257 e. The first kappa shape index (κ1) is 20.0. The zero-order chi connectivity index (χ0) is 19.3. The number of carboxylic acid groups (broad SMARTS) is 1. The van der Waals surface area contributed by atoms with Crippen LogP contribution in [0.3, 0.4) is 0 Å². The summed E-state index contributed by atoms with van der Waals surface area (Å²) in [6.07, 6.45) is 0. The van der Waals surface area contributed by atoms with Gasteiger partial charge in [-0.15, -0.1) is 0 Å². The summed E-state index contributed by atoms with van der Waals surface area (Å²) in [5.74, 6) is -1.43. The van der Waals surface area contributed by atoms with Gasteiger partial charge in [-0.2, -0.15) is 0 Å². The van der Waals surface area contributed by atoms with Crippen LogP contribution in [-0.2, 0) is 0 Å². The van der Waals surface area contributed by atoms with E-state index in [0.717, 1.165) is 0 Å². The molecular weight excluding hydrogens is 399 g/mol. The lowest BCUT2D eigenvalue weighted by Gasteiger charge is -2.13. The predicted octanol–water partition coefficient (Wildman–Crippen LogP) is 2.88. The second-order valence-electron chi connectivity index (χ2n) is 4.97. The van der Waals surface area contributed by atoms with Crippen molar-refractivity contribution in [2.24, 2.45) is 0 Å². The molecule has 136 valence electrons. The Bertz CT molecular complexity index is 874. The highest BCUT2D eigenvalue weighted by Gasteiger charge is 2.12. The third-order valence-electron chi connectivity index (χ3n) is 3.17. The lowest BCUT2D eigenvalue weighted by molar-refractivity contribution is -0.255. The van der Waals surface area contributed by atoms with Crippen molar-refractivity contribution in [1.29, 1.82) is 0 Å². The van der Waals surface area contributed by atoms with Crippen LogP contribution in [0.5, 0.6) is 5.75 Å². The van der Waals surface area contributed by atoms with Gasteiger partial charge in [0.2, 0.25) is 0 Å². The van der Waals surface area contributed by atoms with Gasteiger partial charge >= 0.3 is 0 Å². The second-order valence-corrected chi connectivity index (χ2v) is 6.19. The molecule has 0 unspecified atom stereocenters. The number of benzene rings is 2. The number of carbonyl (C=O) groups is 2. The van der Waals surface area contributed by atoms with Crippen LogP contribution >= 0.6 is 35.4 Å². The fourth-order valence-corrected chi connectivity index (χ4v) is 2.65. The summed E-state index contributed by atoms with van der Waals surface area (Å²) >= 11 is 16.9. The number of rotatable bonds is 5. The molecule has 9 heteroatoms. The standard InChI is InChI=1S/C17H14Cl2N2O4S/c1-2-25-14-6-3-9(7-13(14)19)15(22)21-17(26)20-10-4-5-12(18)11(8-10)16(23)24/h3-8H,2H2,1H3,(H,23,24)(H2,20,21,22,26)/p-1. The summed E-state index contributed by atoms with van der Waals surface area (Å²) < 4.78 is 5.31. The third kappa shape index (κ3) is 5.08. The zero-order valence-electron chi connectivity index (χ0n) is 13.5. The SMILES string of the molecule is CCOc1ccc(C(=O)NC(=S)Nc2ccc(Cl)c(C(=O)[O-])c2)cc1Cl. The molecule has 0 radical (unpaired) electrons. The number of hydrogen-bond acceptors (Lipinski definition) is 5. The highest BCUT2D eigenvalue weighted by Crippen LogP contribution is 2.25. The molecule has 0 fully saturated rings. The van der Waals surface area contributed by atoms with Gasteiger partial charge in [-0.1, -0.05) is 23.2 Å². The summed E-state index contributed by atoms with van der Waals surface area (Å²) in [5, 5.41) is 16.5. The van der Waals surface area contributed by atoms with Crippen LogP contribution in [0.4, 0.5) is 5.69 Å². The van der Waals surface area contributed by atoms with E-state index in [4.69, 9.17) is 40.2 Å². The summed E-state index contributed by atoms with van der Waals surface area (Å²) in [5.41, 5.74) is 0.432. The van der Waals surface area contributed by atoms with Crippen LogP contribution in [0.1, 0.15) is 27.6 Å². The van der Waals surface area contributed by atoms with Crippen LogP contribution in [-0.4, -0.2) is 23.6 Å². The molecule has 26 heavy (non-hydrogen) atoms. The van der Waals surface area contributed by atoms with E-state index < -0.39 is 11.9 Å². The van der Waals surface area contributed by atoms with E-state index in [1.165, 1.54) is 24.3 Å². The highest BCUT2D eigenvalue weighted by atomic mass is 35.5. The molecule has 0 aromatic heterocycles. The lowest BCUT2D eigenvalue weighted by atomic mass is 10.2. The van der Waals surface area contributed by atoms with Crippen molar-refractivity contribution in [3.63, 3.8) is 0 Å². The van der Waals surface area contributed by atoms with Gasteiger partial charge in [0.15, 0.2) is 5.11 Å². The molecule has 2 rings (SSSR count). The van der Waals surface area contributed by atoms with E-state index >= 15 is 0 Å². The average Bonchev–Trinajstić information content (AvgIpc) is 2.58. The molecule has 6 nitrogen and oxygen atoms in total. The highest BCUT2D eigenvalue weighted by molar-refractivity contribution is 7.80. The number of carboxylic acids is 1. The van der Waals surface area contributed by atoms with Crippen molar-refractivity contribution < 1.29 is 19.4 Å². The van der Waals surface area contributed by atoms with Gasteiger partial charge < -0.3 is 20.0 Å². The van der Waals surface area contributed by atoms with Crippen molar-refractivity contribution in [2.75, 3.05) is 11.9 Å². The lowest BCUT2D eigenvalue weighted by Crippen LogP contribution is -2.34. The largest absolute Gasteiger partial charge is 0.545 e. The molecular formula is C17H13Cl2N2O4S-. The van der Waals surface area contributed by atoms with Gasteiger partial charge in [0.25, 0.3) is 5.91 Å². The summed E-state index contributed by atoms with van der Waals surface area (Å²) in [6, 6.07) is 8.74. The normalized spacial score (nSPS) is 10.1. The number of aromatic carboxylic acids is 1. The fourth-order valence-electron chi connectivity index (χ4n) is 2.01. The minimum atomic E-state index is -1.42. The quantitative estimate of drug-likeness (QED) is 0.735. The van der Waals surface area contributed by atoms with E-state index in [2.05, 4.69) is 10.6 Å². The molecule has 2 aromatic rings. The fraction of sp³-hybridized carbons (Fsp3) is 0.118. The topological polar surface area (TPSA) is 90.5 Å². The van der Waals surface area contributed by atoms with Gasteiger partial charge in [0.1, 0.15) is 5.75 Å². The van der Waals surface area contributed by atoms with E-state index in [-0.39, 0.29) is 21.3 Å².